The Hall–Kier alpha value is -4.04. The second-order valence-corrected chi connectivity index (χ2v) is 8.29. The van der Waals surface area contributed by atoms with Gasteiger partial charge in [-0.15, -0.1) is 0 Å². The molecular weight excluding hydrogens is 428 g/mol. The number of allylic oxidation sites excluding steroid dienone is 3. The van der Waals surface area contributed by atoms with E-state index in [0.29, 0.717) is 22.5 Å². The molecule has 8 nitrogen and oxygen atoms in total. The topological polar surface area (TPSA) is 140 Å². The Morgan fingerprint density at radius 3 is 2.74 bits per heavy atom. The maximum Gasteiger partial charge on any atom is 0.255 e. The Morgan fingerprint density at radius 1 is 1.24 bits per heavy atom. The Morgan fingerprint density at radius 2 is 2.03 bits per heavy atom. The van der Waals surface area contributed by atoms with Gasteiger partial charge in [-0.25, -0.2) is 9.97 Å². The van der Waals surface area contributed by atoms with Crippen LogP contribution in [0.15, 0.2) is 59.7 Å². The number of hydrogen-bond acceptors (Lipinski definition) is 7. The number of anilines is 1. The van der Waals surface area contributed by atoms with Crippen LogP contribution in [0, 0.1) is 0 Å². The number of nitrogen functional groups attached to an aromatic ring is 1. The average molecular weight is 457 g/mol. The molecule has 34 heavy (non-hydrogen) atoms. The number of nitrogens with two attached hydrogens (primary N) is 2. The van der Waals surface area contributed by atoms with Crippen molar-refractivity contribution in [3.63, 3.8) is 0 Å². The molecule has 2 heterocycles. The van der Waals surface area contributed by atoms with Gasteiger partial charge in [-0.3, -0.25) is 9.59 Å². The molecule has 0 saturated carbocycles. The molecule has 1 aromatic carbocycles. The number of benzene rings is 1. The minimum absolute atomic E-state index is 0.0110. The van der Waals surface area contributed by atoms with Gasteiger partial charge in [0.1, 0.15) is 0 Å². The second-order valence-electron chi connectivity index (χ2n) is 8.29. The van der Waals surface area contributed by atoms with Gasteiger partial charge in [-0.1, -0.05) is 30.3 Å². The third kappa shape index (κ3) is 5.13. The average Bonchev–Trinajstić information content (AvgIpc) is 2.86. The van der Waals surface area contributed by atoms with E-state index in [2.05, 4.69) is 26.3 Å². The summed E-state index contributed by atoms with van der Waals surface area (Å²) in [6.07, 6.45) is 10.5. The van der Waals surface area contributed by atoms with Crippen molar-refractivity contribution in [2.24, 2.45) is 5.73 Å². The van der Waals surface area contributed by atoms with Crippen LogP contribution in [0.5, 0.6) is 0 Å². The molecule has 0 spiro atoms. The van der Waals surface area contributed by atoms with E-state index in [4.69, 9.17) is 11.5 Å². The van der Waals surface area contributed by atoms with Crippen LogP contribution in [-0.4, -0.2) is 27.8 Å². The number of carbonyl (C=O) groups excluding carboxylic acids is 1. The Labute approximate surface area is 197 Å². The number of carbonyl (C=O) groups is 1. The van der Waals surface area contributed by atoms with E-state index >= 15 is 0 Å². The van der Waals surface area contributed by atoms with Gasteiger partial charge < -0.3 is 21.8 Å². The molecule has 174 valence electrons. The molecule has 0 radical (unpaired) electrons. The first kappa shape index (κ1) is 23.1. The molecular formula is C26H28N6O2. The van der Waals surface area contributed by atoms with Gasteiger partial charge in [-0.05, 0) is 55.5 Å². The smallest absolute Gasteiger partial charge is 0.255 e. The quantitative estimate of drug-likeness (QED) is 0.316. The van der Waals surface area contributed by atoms with E-state index in [1.165, 1.54) is 12.3 Å². The first-order valence-corrected chi connectivity index (χ1v) is 11.3. The molecule has 4 rings (SSSR count). The molecule has 0 fully saturated rings. The Bertz CT molecular complexity index is 1320. The van der Waals surface area contributed by atoms with Crippen molar-refractivity contribution in [1.29, 1.82) is 0 Å². The van der Waals surface area contributed by atoms with Gasteiger partial charge >= 0.3 is 0 Å². The first-order valence-electron chi connectivity index (χ1n) is 11.3. The lowest BCUT2D eigenvalue weighted by atomic mass is 9.93. The van der Waals surface area contributed by atoms with Crippen LogP contribution in [-0.2, 0) is 6.54 Å². The van der Waals surface area contributed by atoms with E-state index in [9.17, 15) is 9.59 Å². The van der Waals surface area contributed by atoms with Gasteiger partial charge in [0.15, 0.2) is 11.5 Å². The van der Waals surface area contributed by atoms with Crippen molar-refractivity contribution >= 4 is 22.9 Å². The summed E-state index contributed by atoms with van der Waals surface area (Å²) in [4.78, 5) is 36.8. The number of H-pyrrole nitrogens is 1. The fourth-order valence-electron chi connectivity index (χ4n) is 3.98. The van der Waals surface area contributed by atoms with Crippen molar-refractivity contribution in [3.05, 3.63) is 87.6 Å². The molecule has 0 bridgehead atoms. The van der Waals surface area contributed by atoms with E-state index in [-0.39, 0.29) is 17.1 Å². The zero-order chi connectivity index (χ0) is 24.1. The minimum Gasteiger partial charge on any atom is -0.398 e. The highest BCUT2D eigenvalue weighted by Crippen LogP contribution is 2.27. The molecule has 1 aliphatic carbocycles. The van der Waals surface area contributed by atoms with E-state index in [1.807, 2.05) is 31.3 Å². The lowest BCUT2D eigenvalue weighted by Crippen LogP contribution is -2.13. The van der Waals surface area contributed by atoms with Crippen LogP contribution in [0.2, 0.25) is 0 Å². The maximum absolute atomic E-state index is 13.0. The number of nitrogens with one attached hydrogen (secondary N) is 2. The van der Waals surface area contributed by atoms with Gasteiger partial charge in [-0.2, -0.15) is 0 Å². The van der Waals surface area contributed by atoms with Crippen molar-refractivity contribution in [1.82, 2.24) is 20.3 Å². The fourth-order valence-corrected chi connectivity index (χ4v) is 3.98. The molecule has 6 N–H and O–H groups in total. The Kier molecular flexibility index (Phi) is 6.98. The predicted molar refractivity (Wildman–Crippen MR) is 135 cm³/mol. The van der Waals surface area contributed by atoms with Crippen LogP contribution < -0.4 is 22.3 Å². The SMILES string of the molecule is CNCc1ccc(/C(N)=C/C(=O)c2nc(-c3c[nH]c(=O)c(C4=CCCCC4)c3)cnc2N)cc1. The van der Waals surface area contributed by atoms with Crippen molar-refractivity contribution < 1.29 is 4.79 Å². The van der Waals surface area contributed by atoms with Crippen LogP contribution in [0.3, 0.4) is 0 Å². The molecule has 0 amide bonds. The molecule has 0 saturated heterocycles. The summed E-state index contributed by atoms with van der Waals surface area (Å²) in [5.41, 5.74) is 16.9. The van der Waals surface area contributed by atoms with Crippen molar-refractivity contribution in [2.45, 2.75) is 32.2 Å². The zero-order valence-corrected chi connectivity index (χ0v) is 19.1. The molecule has 8 heteroatoms. The number of pyridine rings is 1. The summed E-state index contributed by atoms with van der Waals surface area (Å²) in [6.45, 7) is 0.742. The molecule has 0 unspecified atom stereocenters. The van der Waals surface area contributed by atoms with Crippen molar-refractivity contribution in [3.8, 4) is 11.3 Å². The second kappa shape index (κ2) is 10.3. The van der Waals surface area contributed by atoms with E-state index in [0.717, 1.165) is 48.9 Å². The highest BCUT2D eigenvalue weighted by atomic mass is 16.1. The third-order valence-electron chi connectivity index (χ3n) is 5.82. The van der Waals surface area contributed by atoms with Crippen LogP contribution in [0.25, 0.3) is 22.5 Å². The first-order chi connectivity index (χ1) is 16.5. The lowest BCUT2D eigenvalue weighted by molar-refractivity contribution is 0.104. The van der Waals surface area contributed by atoms with Crippen LogP contribution in [0.4, 0.5) is 5.82 Å². The molecule has 0 aliphatic heterocycles. The fraction of sp³-hybridized carbons (Fsp3) is 0.231. The predicted octanol–water partition coefficient (Wildman–Crippen LogP) is 3.27. The number of aromatic nitrogens is 3. The number of ketones is 1. The normalized spacial score (nSPS) is 14.0. The summed E-state index contributed by atoms with van der Waals surface area (Å²) < 4.78 is 0. The van der Waals surface area contributed by atoms with Gasteiger partial charge in [0.05, 0.1) is 11.9 Å². The summed E-state index contributed by atoms with van der Waals surface area (Å²) in [5.74, 6) is -0.426. The Balaban J connectivity index is 1.63. The summed E-state index contributed by atoms with van der Waals surface area (Å²) in [6, 6.07) is 9.40. The van der Waals surface area contributed by atoms with Crippen molar-refractivity contribution in [2.75, 3.05) is 12.8 Å². The zero-order valence-electron chi connectivity index (χ0n) is 19.1. The van der Waals surface area contributed by atoms with Gasteiger partial charge in [0.25, 0.3) is 5.56 Å². The van der Waals surface area contributed by atoms with Gasteiger partial charge in [0, 0.05) is 35.6 Å². The summed E-state index contributed by atoms with van der Waals surface area (Å²) in [7, 11) is 1.88. The monoisotopic (exact) mass is 456 g/mol. The number of rotatable bonds is 7. The van der Waals surface area contributed by atoms with E-state index in [1.54, 1.807) is 12.3 Å². The standard InChI is InChI=1S/C26H28N6O2/c1-29-13-16-7-9-18(10-8-16)21(27)12-23(33)24-25(28)30-15-22(32-24)19-11-20(26(34)31-14-19)17-5-3-2-4-6-17/h5,7-12,14-15,29H,2-4,6,13,27H2,1H3,(H2,28,30)(H,31,34)/b21-12-. The number of nitrogens with zero attached hydrogens (tertiary/aromatic N) is 2. The van der Waals surface area contributed by atoms with Crippen LogP contribution in [0.1, 0.15) is 52.9 Å². The molecule has 0 atom stereocenters. The molecule has 1 aliphatic rings. The van der Waals surface area contributed by atoms with E-state index < -0.39 is 5.78 Å². The minimum atomic E-state index is -0.441. The summed E-state index contributed by atoms with van der Waals surface area (Å²) >= 11 is 0. The largest absolute Gasteiger partial charge is 0.398 e. The maximum atomic E-state index is 13.0. The third-order valence-corrected chi connectivity index (χ3v) is 5.82. The molecule has 2 aromatic heterocycles. The summed E-state index contributed by atoms with van der Waals surface area (Å²) in [5, 5.41) is 3.08. The van der Waals surface area contributed by atoms with Gasteiger partial charge in [0.2, 0.25) is 5.78 Å². The molecule has 3 aromatic rings. The highest BCUT2D eigenvalue weighted by molar-refractivity contribution is 6.09. The highest BCUT2D eigenvalue weighted by Gasteiger charge is 2.16. The number of aromatic amines is 1. The number of hydrogen-bond donors (Lipinski definition) is 4. The van der Waals surface area contributed by atoms with Crippen LogP contribution >= 0.6 is 0 Å². The lowest BCUT2D eigenvalue weighted by Gasteiger charge is -2.13.